The Balaban J connectivity index is 1.95. The third-order valence-corrected chi connectivity index (χ3v) is 4.30. The van der Waals surface area contributed by atoms with Crippen LogP contribution < -0.4 is 0 Å². The second-order valence-corrected chi connectivity index (χ2v) is 5.19. The highest BCUT2D eigenvalue weighted by molar-refractivity contribution is 8.41. The van der Waals surface area contributed by atoms with Crippen molar-refractivity contribution in [2.45, 2.75) is 6.54 Å². The average Bonchev–Trinajstić information content (AvgIpc) is 2.69. The number of aliphatic imine (C=N–C) groups is 1. The van der Waals surface area contributed by atoms with Crippen LogP contribution >= 0.6 is 23.5 Å². The molecule has 1 aliphatic rings. The molecule has 0 atom stereocenters. The third-order valence-electron chi connectivity index (χ3n) is 1.77. The van der Waals surface area contributed by atoms with Gasteiger partial charge in [-0.3, -0.25) is 4.99 Å². The molecule has 1 heterocycles. The Kier molecular flexibility index (Phi) is 3.33. The maximum absolute atomic E-state index is 4.54. The van der Waals surface area contributed by atoms with Crippen LogP contribution in [0.1, 0.15) is 5.56 Å². The molecule has 1 aromatic carbocycles. The van der Waals surface area contributed by atoms with Crippen LogP contribution in [0.3, 0.4) is 0 Å². The van der Waals surface area contributed by atoms with E-state index in [9.17, 15) is 0 Å². The van der Waals surface area contributed by atoms with E-state index in [0.29, 0.717) is 0 Å². The zero-order chi connectivity index (χ0) is 8.93. The Morgan fingerprint density at radius 3 is 2.46 bits per heavy atom. The van der Waals surface area contributed by atoms with Gasteiger partial charge < -0.3 is 0 Å². The van der Waals surface area contributed by atoms with Crippen molar-refractivity contribution in [1.29, 1.82) is 0 Å². The van der Waals surface area contributed by atoms with Gasteiger partial charge in [0, 0.05) is 11.5 Å². The van der Waals surface area contributed by atoms with Crippen molar-refractivity contribution in [3.05, 3.63) is 35.9 Å². The number of thioether (sulfide) groups is 2. The highest BCUT2D eigenvalue weighted by Crippen LogP contribution is 2.26. The summed E-state index contributed by atoms with van der Waals surface area (Å²) in [7, 11) is 0. The highest BCUT2D eigenvalue weighted by Gasteiger charge is 2.08. The Morgan fingerprint density at radius 2 is 1.77 bits per heavy atom. The van der Waals surface area contributed by atoms with Crippen LogP contribution in [0, 0.1) is 0 Å². The molecule has 0 bridgehead atoms. The maximum atomic E-state index is 4.54. The average molecular weight is 209 g/mol. The Morgan fingerprint density at radius 1 is 1.08 bits per heavy atom. The summed E-state index contributed by atoms with van der Waals surface area (Å²) in [4.78, 5) is 4.54. The van der Waals surface area contributed by atoms with Crippen LogP contribution in [-0.2, 0) is 6.54 Å². The summed E-state index contributed by atoms with van der Waals surface area (Å²) < 4.78 is 1.25. The second-order valence-electron chi connectivity index (χ2n) is 2.76. The quantitative estimate of drug-likeness (QED) is 0.742. The van der Waals surface area contributed by atoms with E-state index >= 15 is 0 Å². The predicted octanol–water partition coefficient (Wildman–Crippen LogP) is 3.02. The minimum Gasteiger partial charge on any atom is -0.267 e. The van der Waals surface area contributed by atoms with Crippen molar-refractivity contribution < 1.29 is 0 Å². The number of benzene rings is 1. The molecule has 2 rings (SSSR count). The largest absolute Gasteiger partial charge is 0.267 e. The molecule has 1 saturated heterocycles. The first-order valence-electron chi connectivity index (χ1n) is 4.29. The highest BCUT2D eigenvalue weighted by atomic mass is 32.2. The summed E-state index contributed by atoms with van der Waals surface area (Å²) in [6.07, 6.45) is 0. The molecule has 0 saturated carbocycles. The van der Waals surface area contributed by atoms with Gasteiger partial charge in [-0.25, -0.2) is 0 Å². The maximum Gasteiger partial charge on any atom is 0.124 e. The van der Waals surface area contributed by atoms with Crippen molar-refractivity contribution in [3.8, 4) is 0 Å². The van der Waals surface area contributed by atoms with Crippen LogP contribution in [0.5, 0.6) is 0 Å². The summed E-state index contributed by atoms with van der Waals surface area (Å²) >= 11 is 3.75. The molecular weight excluding hydrogens is 198 g/mol. The van der Waals surface area contributed by atoms with Gasteiger partial charge in [-0.2, -0.15) is 0 Å². The molecule has 0 spiro atoms. The molecule has 0 aromatic heterocycles. The standard InChI is InChI=1S/C10H11NS2/c1-2-4-9(5-3-1)8-11-10-12-6-7-13-10/h1-5H,6-8H2. The van der Waals surface area contributed by atoms with Crippen molar-refractivity contribution in [2.24, 2.45) is 4.99 Å². The monoisotopic (exact) mass is 209 g/mol. The van der Waals surface area contributed by atoms with Gasteiger partial charge in [-0.1, -0.05) is 53.9 Å². The zero-order valence-corrected chi connectivity index (χ0v) is 8.90. The summed E-state index contributed by atoms with van der Waals surface area (Å²) in [6.45, 7) is 0.830. The van der Waals surface area contributed by atoms with Crippen LogP contribution in [0.4, 0.5) is 0 Å². The molecule has 0 radical (unpaired) electrons. The lowest BCUT2D eigenvalue weighted by molar-refractivity contribution is 1.08. The molecule has 1 aliphatic heterocycles. The molecular formula is C10H11NS2. The minimum absolute atomic E-state index is 0.830. The molecule has 0 amide bonds. The van der Waals surface area contributed by atoms with E-state index < -0.39 is 0 Å². The zero-order valence-electron chi connectivity index (χ0n) is 7.27. The summed E-state index contributed by atoms with van der Waals surface area (Å²) in [5, 5.41) is 0. The lowest BCUT2D eigenvalue weighted by atomic mass is 10.2. The number of rotatable bonds is 2. The number of hydrogen-bond donors (Lipinski definition) is 0. The third kappa shape index (κ3) is 2.78. The summed E-state index contributed by atoms with van der Waals surface area (Å²) in [5.41, 5.74) is 1.29. The van der Waals surface area contributed by atoms with Gasteiger partial charge in [-0.15, -0.1) is 0 Å². The lowest BCUT2D eigenvalue weighted by Gasteiger charge is -1.96. The van der Waals surface area contributed by atoms with Crippen molar-refractivity contribution in [2.75, 3.05) is 11.5 Å². The normalized spacial score (nSPS) is 16.2. The molecule has 68 valence electrons. The number of nitrogens with zero attached hydrogens (tertiary/aromatic N) is 1. The Hall–Kier alpha value is -0.410. The molecule has 1 aromatic rings. The van der Waals surface area contributed by atoms with Crippen molar-refractivity contribution >= 4 is 27.9 Å². The summed E-state index contributed by atoms with van der Waals surface area (Å²) in [5.74, 6) is 2.44. The molecule has 1 fully saturated rings. The van der Waals surface area contributed by atoms with Gasteiger partial charge in [0.25, 0.3) is 0 Å². The SMILES string of the molecule is c1ccc(CN=C2SCCS2)cc1. The van der Waals surface area contributed by atoms with Crippen LogP contribution in [0.2, 0.25) is 0 Å². The van der Waals surface area contributed by atoms with Crippen LogP contribution in [0.25, 0.3) is 0 Å². The molecule has 0 N–H and O–H groups in total. The van der Waals surface area contributed by atoms with Crippen LogP contribution in [0.15, 0.2) is 35.3 Å². The van der Waals surface area contributed by atoms with E-state index in [1.165, 1.54) is 21.4 Å². The molecule has 0 unspecified atom stereocenters. The lowest BCUT2D eigenvalue weighted by Crippen LogP contribution is -1.83. The van der Waals surface area contributed by atoms with E-state index in [2.05, 4.69) is 29.3 Å². The fraction of sp³-hybridized carbons (Fsp3) is 0.300. The predicted molar refractivity (Wildman–Crippen MR) is 62.5 cm³/mol. The van der Waals surface area contributed by atoms with E-state index in [0.717, 1.165) is 6.54 Å². The fourth-order valence-electron chi connectivity index (χ4n) is 1.13. The van der Waals surface area contributed by atoms with Gasteiger partial charge in [0.2, 0.25) is 0 Å². The first-order valence-corrected chi connectivity index (χ1v) is 6.26. The molecule has 1 nitrogen and oxygen atoms in total. The number of hydrogen-bond acceptors (Lipinski definition) is 3. The molecule has 13 heavy (non-hydrogen) atoms. The van der Waals surface area contributed by atoms with E-state index in [-0.39, 0.29) is 0 Å². The van der Waals surface area contributed by atoms with Gasteiger partial charge in [0.1, 0.15) is 4.38 Å². The minimum atomic E-state index is 0.830. The summed E-state index contributed by atoms with van der Waals surface area (Å²) in [6, 6.07) is 10.4. The van der Waals surface area contributed by atoms with Gasteiger partial charge in [0.15, 0.2) is 0 Å². The van der Waals surface area contributed by atoms with Crippen molar-refractivity contribution in [1.82, 2.24) is 0 Å². The second kappa shape index (κ2) is 4.72. The Bertz CT molecular complexity index is 287. The first kappa shape index (κ1) is 9.16. The fourth-order valence-corrected chi connectivity index (χ4v) is 3.29. The van der Waals surface area contributed by atoms with Crippen molar-refractivity contribution in [3.63, 3.8) is 0 Å². The first-order chi connectivity index (χ1) is 6.45. The smallest absolute Gasteiger partial charge is 0.124 e. The van der Waals surface area contributed by atoms with Gasteiger partial charge >= 0.3 is 0 Å². The topological polar surface area (TPSA) is 12.4 Å². The molecule has 0 aliphatic carbocycles. The van der Waals surface area contributed by atoms with E-state index in [1.54, 1.807) is 0 Å². The van der Waals surface area contributed by atoms with Gasteiger partial charge in [0.05, 0.1) is 6.54 Å². The molecule has 3 heteroatoms. The Labute approximate surface area is 87.0 Å². The van der Waals surface area contributed by atoms with E-state index in [4.69, 9.17) is 0 Å². The van der Waals surface area contributed by atoms with E-state index in [1.807, 2.05) is 29.6 Å². The van der Waals surface area contributed by atoms with Gasteiger partial charge in [-0.05, 0) is 5.56 Å². The van der Waals surface area contributed by atoms with Crippen LogP contribution in [-0.4, -0.2) is 15.9 Å².